The summed E-state index contributed by atoms with van der Waals surface area (Å²) in [6.07, 6.45) is 3.36. The zero-order chi connectivity index (χ0) is 8.32. The zero-order valence-electron chi connectivity index (χ0n) is 6.02. The van der Waals surface area contributed by atoms with E-state index in [2.05, 4.69) is 4.74 Å². The van der Waals surface area contributed by atoms with E-state index >= 15 is 0 Å². The van der Waals surface area contributed by atoms with Crippen molar-refractivity contribution < 1.29 is 14.3 Å². The van der Waals surface area contributed by atoms with Gasteiger partial charge < -0.3 is 4.74 Å². The minimum Gasteiger partial charge on any atom is -0.461 e. The van der Waals surface area contributed by atoms with Gasteiger partial charge in [-0.2, -0.15) is 0 Å². The fourth-order valence-corrected chi connectivity index (χ4v) is 2.26. The van der Waals surface area contributed by atoms with E-state index in [1.165, 1.54) is 7.11 Å². The molecule has 0 unspecified atom stereocenters. The Morgan fingerprint density at radius 3 is 2.36 bits per heavy atom. The Hall–Kier alpha value is -1.03. The van der Waals surface area contributed by atoms with Crippen molar-refractivity contribution in [3.8, 4) is 0 Å². The van der Waals surface area contributed by atoms with E-state index in [0.29, 0.717) is 5.62 Å². The first kappa shape index (κ1) is 8.07. The molecular weight excluding hydrogens is 164 g/mol. The van der Waals surface area contributed by atoms with Crippen molar-refractivity contribution in [2.45, 2.75) is 0 Å². The Morgan fingerprint density at radius 2 is 2.00 bits per heavy atom. The average Bonchev–Trinajstić information content (AvgIpc) is 2.52. The molecule has 0 atom stereocenters. The Kier molecular flexibility index (Phi) is 2.14. The van der Waals surface area contributed by atoms with Gasteiger partial charge in [0, 0.05) is 0 Å². The Balaban J connectivity index is 2.94. The monoisotopic (exact) mass is 172 g/mol. The molecule has 1 rings (SSSR count). The summed E-state index contributed by atoms with van der Waals surface area (Å²) in [7, 11) is -0.752. The summed E-state index contributed by atoms with van der Waals surface area (Å²) in [5.41, 5.74) is 0.652. The van der Waals surface area contributed by atoms with Gasteiger partial charge >= 0.3 is 5.30 Å². The largest absolute Gasteiger partial charge is 0.461 e. The third-order valence-electron chi connectivity index (χ3n) is 1.33. The van der Waals surface area contributed by atoms with Crippen molar-refractivity contribution in [1.29, 1.82) is 0 Å². The number of hydrogen-bond acceptors (Lipinski definition) is 3. The van der Waals surface area contributed by atoms with Crippen molar-refractivity contribution in [3.05, 3.63) is 23.0 Å². The maximum Gasteiger partial charge on any atom is 0.363 e. The first-order valence-electron chi connectivity index (χ1n) is 2.96. The second kappa shape index (κ2) is 2.92. The third-order valence-corrected chi connectivity index (χ3v) is 3.61. The van der Waals surface area contributed by atoms with Crippen LogP contribution in [0.25, 0.3) is 0 Å². The summed E-state index contributed by atoms with van der Waals surface area (Å²) in [4.78, 5) is 21.6. The van der Waals surface area contributed by atoms with Gasteiger partial charge in [-0.25, -0.2) is 4.79 Å². The minimum atomic E-state index is -2.03. The predicted molar refractivity (Wildman–Crippen MR) is 45.0 cm³/mol. The number of rotatable bonds is 1. The topological polar surface area (TPSA) is 43.4 Å². The molecule has 60 valence electrons. The molecular formula is C7H8O3S. The molecule has 0 aromatic carbocycles. The Labute approximate surface area is 66.0 Å². The summed E-state index contributed by atoms with van der Waals surface area (Å²) in [6, 6.07) is 0. The van der Waals surface area contributed by atoms with Crippen molar-refractivity contribution in [1.82, 2.24) is 0 Å². The lowest BCUT2D eigenvalue weighted by atomic mass is 10.6. The van der Waals surface area contributed by atoms with Gasteiger partial charge in [-0.1, -0.05) is 12.2 Å². The lowest BCUT2D eigenvalue weighted by Crippen LogP contribution is -2.07. The van der Waals surface area contributed by atoms with Crippen LogP contribution in [0.3, 0.4) is 0 Å². The molecule has 0 amide bonds. The Bertz CT molecular complexity index is 230. The lowest BCUT2D eigenvalue weighted by Gasteiger charge is -2.18. The van der Waals surface area contributed by atoms with Crippen LogP contribution in [0.15, 0.2) is 23.0 Å². The normalized spacial score (nSPS) is 21.2. The Morgan fingerprint density at radius 1 is 1.45 bits per heavy atom. The smallest absolute Gasteiger partial charge is 0.363 e. The third kappa shape index (κ3) is 1.21. The van der Waals surface area contributed by atoms with E-state index in [-0.39, 0.29) is 0 Å². The highest BCUT2D eigenvalue weighted by molar-refractivity contribution is 8.58. The molecule has 11 heavy (non-hydrogen) atoms. The summed E-state index contributed by atoms with van der Waals surface area (Å²) in [5, 5.41) is 2.72. The molecule has 1 aliphatic rings. The molecule has 1 heterocycles. The van der Waals surface area contributed by atoms with Crippen LogP contribution >= 0.6 is 10.0 Å². The van der Waals surface area contributed by atoms with Crippen LogP contribution in [0.5, 0.6) is 0 Å². The lowest BCUT2D eigenvalue weighted by molar-refractivity contribution is 0.200. The van der Waals surface area contributed by atoms with Crippen LogP contribution < -0.4 is 0 Å². The quantitative estimate of drug-likeness (QED) is 0.447. The van der Waals surface area contributed by atoms with Gasteiger partial charge in [0.2, 0.25) is 0 Å². The molecule has 0 aromatic rings. The number of allylic oxidation sites excluding steroid dienone is 2. The van der Waals surface area contributed by atoms with Crippen LogP contribution in [-0.2, 0) is 9.53 Å². The molecule has 0 saturated heterocycles. The fourth-order valence-electron chi connectivity index (χ4n) is 0.755. The summed E-state index contributed by atoms with van der Waals surface area (Å²) in [6.45, 7) is 0. The number of carbonyl (C=O) groups excluding carboxylic acids is 2. The molecule has 1 aliphatic heterocycles. The van der Waals surface area contributed by atoms with E-state index in [1.807, 2.05) is 0 Å². The first-order valence-corrected chi connectivity index (χ1v) is 4.79. The van der Waals surface area contributed by atoms with Gasteiger partial charge in [0.15, 0.2) is 5.62 Å². The van der Waals surface area contributed by atoms with Gasteiger partial charge in [0.1, 0.15) is 0 Å². The molecule has 4 heteroatoms. The molecule has 0 aromatic heterocycles. The SMILES string of the molecule is COC(=O)S1(C=O)C=CC=C1. The molecule has 0 N–H and O–H groups in total. The van der Waals surface area contributed by atoms with Crippen molar-refractivity contribution in [2.24, 2.45) is 0 Å². The number of carbonyl (C=O) groups is 2. The average molecular weight is 172 g/mol. The highest BCUT2D eigenvalue weighted by atomic mass is 32.3. The van der Waals surface area contributed by atoms with E-state index in [9.17, 15) is 9.59 Å². The fraction of sp³-hybridized carbons (Fsp3) is 0.143. The van der Waals surface area contributed by atoms with Crippen molar-refractivity contribution >= 4 is 20.9 Å². The van der Waals surface area contributed by atoms with E-state index < -0.39 is 15.3 Å². The molecule has 0 fully saturated rings. The standard InChI is InChI=1S/C7H8O3S/c1-10-7(9)11(6-8)4-2-3-5-11/h2-6H,1H3. The number of hydrogen-bond donors (Lipinski definition) is 0. The first-order chi connectivity index (χ1) is 5.25. The molecule has 0 spiro atoms. The van der Waals surface area contributed by atoms with Crippen molar-refractivity contribution in [3.63, 3.8) is 0 Å². The van der Waals surface area contributed by atoms with Gasteiger partial charge in [-0.05, 0) is 20.8 Å². The number of methoxy groups -OCH3 is 1. The summed E-state index contributed by atoms with van der Waals surface area (Å²) < 4.78 is 4.49. The van der Waals surface area contributed by atoms with Crippen LogP contribution in [0, 0.1) is 0 Å². The highest BCUT2D eigenvalue weighted by Crippen LogP contribution is 2.52. The second-order valence-corrected chi connectivity index (χ2v) is 4.56. The van der Waals surface area contributed by atoms with E-state index in [0.717, 1.165) is 0 Å². The van der Waals surface area contributed by atoms with Gasteiger partial charge in [-0.15, -0.1) is 0 Å². The van der Waals surface area contributed by atoms with Crippen molar-refractivity contribution in [2.75, 3.05) is 7.11 Å². The zero-order valence-corrected chi connectivity index (χ0v) is 6.84. The molecule has 0 saturated carbocycles. The highest BCUT2D eigenvalue weighted by Gasteiger charge is 2.29. The van der Waals surface area contributed by atoms with Crippen LogP contribution in [0.4, 0.5) is 4.79 Å². The summed E-state index contributed by atoms with van der Waals surface area (Å²) >= 11 is 0. The van der Waals surface area contributed by atoms with Gasteiger partial charge in [-0.3, -0.25) is 4.79 Å². The number of ether oxygens (including phenoxy) is 1. The maximum absolute atomic E-state index is 11.0. The molecule has 0 aliphatic carbocycles. The minimum absolute atomic E-state index is 0.461. The second-order valence-electron chi connectivity index (χ2n) is 1.97. The molecule has 0 radical (unpaired) electrons. The summed E-state index contributed by atoms with van der Waals surface area (Å²) in [5.74, 6) is 0. The molecule has 0 bridgehead atoms. The van der Waals surface area contributed by atoms with Crippen LogP contribution in [-0.4, -0.2) is 18.0 Å². The molecule has 3 nitrogen and oxygen atoms in total. The van der Waals surface area contributed by atoms with Crippen LogP contribution in [0.2, 0.25) is 0 Å². The van der Waals surface area contributed by atoms with Crippen LogP contribution in [0.1, 0.15) is 0 Å². The predicted octanol–water partition coefficient (Wildman–Crippen LogP) is 1.79. The van der Waals surface area contributed by atoms with Gasteiger partial charge in [0.25, 0.3) is 0 Å². The van der Waals surface area contributed by atoms with E-state index in [4.69, 9.17) is 0 Å². The van der Waals surface area contributed by atoms with Gasteiger partial charge in [0.05, 0.1) is 7.11 Å². The maximum atomic E-state index is 11.0. The van der Waals surface area contributed by atoms with E-state index in [1.54, 1.807) is 23.0 Å².